The Balaban J connectivity index is 1.23. The number of aliphatic imine (C=N–C) groups is 1. The third-order valence-corrected chi connectivity index (χ3v) is 9.43. The van der Waals surface area contributed by atoms with E-state index in [2.05, 4.69) is 31.2 Å². The summed E-state index contributed by atoms with van der Waals surface area (Å²) in [6.45, 7) is 4.48. The van der Waals surface area contributed by atoms with Crippen molar-refractivity contribution in [1.29, 1.82) is 0 Å². The number of hydrogen-bond acceptors (Lipinski definition) is 9. The summed E-state index contributed by atoms with van der Waals surface area (Å²) in [6.07, 6.45) is 6.59. The first-order chi connectivity index (χ1) is 25.1. The smallest absolute Gasteiger partial charge is 0.257 e. The maximum absolute atomic E-state index is 13.8. The Labute approximate surface area is 305 Å². The number of guanidine groups is 1. The zero-order valence-electron chi connectivity index (χ0n) is 30.1. The van der Waals surface area contributed by atoms with Crippen molar-refractivity contribution >= 4 is 52.6 Å². The molecule has 5 amide bonds. The van der Waals surface area contributed by atoms with Crippen molar-refractivity contribution < 1.29 is 24.0 Å². The molecule has 2 aromatic rings. The van der Waals surface area contributed by atoms with Crippen molar-refractivity contribution in [2.75, 3.05) is 49.5 Å². The van der Waals surface area contributed by atoms with Crippen molar-refractivity contribution in [3.63, 3.8) is 0 Å². The lowest BCUT2D eigenvalue weighted by Gasteiger charge is -2.33. The van der Waals surface area contributed by atoms with E-state index in [9.17, 15) is 24.0 Å². The molecule has 15 nitrogen and oxygen atoms in total. The topological polar surface area (TPSA) is 230 Å². The fraction of sp³-hybridized carbons (Fsp3) is 0.514. The Morgan fingerprint density at radius 1 is 0.904 bits per heavy atom. The fourth-order valence-corrected chi connectivity index (χ4v) is 6.71. The van der Waals surface area contributed by atoms with E-state index in [4.69, 9.17) is 17.2 Å². The first-order valence-electron chi connectivity index (χ1n) is 18.2. The van der Waals surface area contributed by atoms with Crippen molar-refractivity contribution in [1.82, 2.24) is 20.9 Å². The number of benzene rings is 2. The van der Waals surface area contributed by atoms with Gasteiger partial charge in [0, 0.05) is 13.5 Å². The molecular formula is C37H54N10O5. The predicted octanol–water partition coefficient (Wildman–Crippen LogP) is 1.70. The summed E-state index contributed by atoms with van der Waals surface area (Å²) in [4.78, 5) is 72.2. The molecule has 0 aliphatic carbocycles. The van der Waals surface area contributed by atoms with Gasteiger partial charge in [-0.2, -0.15) is 0 Å². The summed E-state index contributed by atoms with van der Waals surface area (Å²) in [5.41, 5.74) is 18.8. The molecular weight excluding hydrogens is 664 g/mol. The van der Waals surface area contributed by atoms with E-state index in [1.165, 1.54) is 6.92 Å². The van der Waals surface area contributed by atoms with Crippen LogP contribution in [0.5, 0.6) is 0 Å². The van der Waals surface area contributed by atoms with Crippen LogP contribution < -0.4 is 43.4 Å². The lowest BCUT2D eigenvalue weighted by atomic mass is 9.91. The van der Waals surface area contributed by atoms with Gasteiger partial charge >= 0.3 is 0 Å². The van der Waals surface area contributed by atoms with Gasteiger partial charge in [0.2, 0.25) is 23.6 Å². The number of imide groups is 1. The van der Waals surface area contributed by atoms with Gasteiger partial charge in [0.25, 0.3) is 5.91 Å². The minimum absolute atomic E-state index is 0.0242. The molecule has 0 spiro atoms. The molecule has 2 aliphatic heterocycles. The number of rotatable bonds is 18. The Bertz CT molecular complexity index is 1570. The van der Waals surface area contributed by atoms with E-state index in [1.54, 1.807) is 17.0 Å². The molecule has 0 aromatic heterocycles. The van der Waals surface area contributed by atoms with Crippen LogP contribution in [0, 0.1) is 5.92 Å². The van der Waals surface area contributed by atoms with Crippen molar-refractivity contribution in [3.8, 4) is 0 Å². The number of carbonyl (C=O) groups is 5. The molecule has 52 heavy (non-hydrogen) atoms. The SMILES string of the molecule is CC(=O)N[C@@H](CCCN)C(=O)NC(=O)[C@H](CCCN=C(N)N)NCCCCC1CCN(CC(=O)N2c3ccccc3NC(=O)c3ccccc32)CC1. The summed E-state index contributed by atoms with van der Waals surface area (Å²) in [7, 11) is 0. The molecule has 4 rings (SSSR count). The first kappa shape index (κ1) is 39.9. The zero-order valence-corrected chi connectivity index (χ0v) is 30.1. The number of nitrogens with two attached hydrogens (primary N) is 3. The average molecular weight is 719 g/mol. The van der Waals surface area contributed by atoms with Crippen LogP contribution in [0.4, 0.5) is 17.1 Å². The van der Waals surface area contributed by atoms with E-state index < -0.39 is 23.9 Å². The number of amides is 5. The van der Waals surface area contributed by atoms with Crippen LogP contribution in [0.15, 0.2) is 53.5 Å². The molecule has 2 heterocycles. The van der Waals surface area contributed by atoms with E-state index in [0.717, 1.165) is 45.2 Å². The van der Waals surface area contributed by atoms with E-state index in [-0.39, 0.29) is 30.2 Å². The van der Waals surface area contributed by atoms with E-state index in [1.807, 2.05) is 36.4 Å². The Kier molecular flexibility index (Phi) is 15.5. The minimum atomic E-state index is -0.845. The third kappa shape index (κ3) is 11.9. The highest BCUT2D eigenvalue weighted by Gasteiger charge is 2.31. The number of unbranched alkanes of at least 4 members (excludes halogenated alkanes) is 1. The van der Waals surface area contributed by atoms with Gasteiger partial charge in [-0.15, -0.1) is 0 Å². The molecule has 10 N–H and O–H groups in total. The fourth-order valence-electron chi connectivity index (χ4n) is 6.71. The number of hydrogen-bond donors (Lipinski definition) is 7. The first-order valence-corrected chi connectivity index (χ1v) is 18.2. The van der Waals surface area contributed by atoms with Gasteiger partial charge in [-0.25, -0.2) is 0 Å². The van der Waals surface area contributed by atoms with Crippen molar-refractivity contribution in [3.05, 3.63) is 54.1 Å². The highest BCUT2D eigenvalue weighted by atomic mass is 16.2. The molecule has 0 radical (unpaired) electrons. The number of nitrogens with zero attached hydrogens (tertiary/aromatic N) is 3. The summed E-state index contributed by atoms with van der Waals surface area (Å²) >= 11 is 0. The molecule has 0 unspecified atom stereocenters. The molecule has 15 heteroatoms. The van der Waals surface area contributed by atoms with Crippen molar-refractivity contribution in [2.24, 2.45) is 28.1 Å². The second kappa shape index (κ2) is 20.2. The van der Waals surface area contributed by atoms with Gasteiger partial charge < -0.3 is 33.2 Å². The quantitative estimate of drug-likeness (QED) is 0.0670. The van der Waals surface area contributed by atoms with Crippen LogP contribution in [0.1, 0.15) is 75.1 Å². The summed E-state index contributed by atoms with van der Waals surface area (Å²) in [5, 5.41) is 11.3. The van der Waals surface area contributed by atoms with Crippen LogP contribution in [0.25, 0.3) is 0 Å². The monoisotopic (exact) mass is 718 g/mol. The highest BCUT2D eigenvalue weighted by Crippen LogP contribution is 2.38. The molecule has 282 valence electrons. The third-order valence-electron chi connectivity index (χ3n) is 9.43. The summed E-state index contributed by atoms with van der Waals surface area (Å²) in [6, 6.07) is 13.1. The molecule has 0 bridgehead atoms. The lowest BCUT2D eigenvalue weighted by molar-refractivity contribution is -0.135. The van der Waals surface area contributed by atoms with Gasteiger partial charge in [0.1, 0.15) is 6.04 Å². The number of para-hydroxylation sites is 3. The average Bonchev–Trinajstić information content (AvgIpc) is 3.24. The summed E-state index contributed by atoms with van der Waals surface area (Å²) < 4.78 is 0. The van der Waals surface area contributed by atoms with Gasteiger partial charge in [0.15, 0.2) is 5.96 Å². The van der Waals surface area contributed by atoms with Gasteiger partial charge in [0.05, 0.1) is 35.2 Å². The second-order valence-electron chi connectivity index (χ2n) is 13.4. The van der Waals surface area contributed by atoms with E-state index in [0.29, 0.717) is 73.9 Å². The number of anilines is 3. The summed E-state index contributed by atoms with van der Waals surface area (Å²) in [5.74, 6) is -1.21. The van der Waals surface area contributed by atoms with Crippen LogP contribution in [0.2, 0.25) is 0 Å². The van der Waals surface area contributed by atoms with Crippen LogP contribution >= 0.6 is 0 Å². The van der Waals surface area contributed by atoms with Crippen LogP contribution in [-0.2, 0) is 19.2 Å². The number of fused-ring (bicyclic) bond motifs is 2. The lowest BCUT2D eigenvalue weighted by Crippen LogP contribution is -2.53. The zero-order chi connectivity index (χ0) is 37.5. The molecule has 2 atom stereocenters. The molecule has 0 saturated carbocycles. The Hall–Kier alpha value is -4.86. The standard InChI is InChI=1S/C37H54N10O5/c1-25(48)43-30(13-8-19-38)36(52)45-35(51)29(14-9-21-42-37(39)40)41-20-7-6-10-26-17-22-46(23-18-26)24-33(49)47-31-15-4-2-11-27(31)34(50)44-28-12-3-5-16-32(28)47/h2-5,11-12,15-16,26,29-30,41H,6-10,13-14,17-24,38H2,1H3,(H,43,48)(H,44,50)(H4,39,40,42)(H,45,51,52)/t29-,30-/m0/s1. The molecule has 1 fully saturated rings. The number of piperidine rings is 1. The minimum Gasteiger partial charge on any atom is -0.370 e. The maximum atomic E-state index is 13.8. The molecule has 1 saturated heterocycles. The maximum Gasteiger partial charge on any atom is 0.257 e. The normalized spacial score (nSPS) is 15.7. The number of carbonyl (C=O) groups excluding carboxylic acids is 5. The highest BCUT2D eigenvalue weighted by molar-refractivity contribution is 6.18. The Morgan fingerprint density at radius 3 is 2.29 bits per heavy atom. The molecule has 2 aliphatic rings. The van der Waals surface area contributed by atoms with Gasteiger partial charge in [-0.1, -0.05) is 37.1 Å². The van der Waals surface area contributed by atoms with Crippen LogP contribution in [-0.4, -0.2) is 91.7 Å². The van der Waals surface area contributed by atoms with Crippen LogP contribution in [0.3, 0.4) is 0 Å². The van der Waals surface area contributed by atoms with E-state index >= 15 is 0 Å². The number of likely N-dealkylation sites (tertiary alicyclic amines) is 1. The Morgan fingerprint density at radius 2 is 1.58 bits per heavy atom. The predicted molar refractivity (Wildman–Crippen MR) is 202 cm³/mol. The van der Waals surface area contributed by atoms with Gasteiger partial charge in [-0.05, 0) is 101 Å². The molecule has 2 aromatic carbocycles. The largest absolute Gasteiger partial charge is 0.370 e. The number of nitrogens with one attached hydrogen (secondary N) is 4. The van der Waals surface area contributed by atoms with Gasteiger partial charge in [-0.3, -0.25) is 44.1 Å². The van der Waals surface area contributed by atoms with Crippen molar-refractivity contribution in [2.45, 2.75) is 76.8 Å². The second-order valence-corrected chi connectivity index (χ2v) is 13.4.